The Labute approximate surface area is 62.3 Å². The van der Waals surface area contributed by atoms with Crippen LogP contribution >= 0.6 is 0 Å². The number of aromatic carboxylic acids is 1. The molecule has 11 heavy (non-hydrogen) atoms. The topological polar surface area (TPSA) is 83.3 Å². The smallest absolute Gasteiger partial charge is 0.337 e. The molecule has 2 N–H and O–H groups in total. The van der Waals surface area contributed by atoms with Crippen LogP contribution in [-0.4, -0.2) is 26.4 Å². The minimum absolute atomic E-state index is 0.0301. The van der Waals surface area contributed by atoms with E-state index in [9.17, 15) is 4.79 Å². The van der Waals surface area contributed by atoms with Gasteiger partial charge in [0.2, 0.25) is 5.88 Å². The number of nitrogens with zero attached hydrogens (tertiary/aromatic N) is 2. The van der Waals surface area contributed by atoms with E-state index >= 15 is 0 Å². The predicted molar refractivity (Wildman–Crippen MR) is 35.4 cm³/mol. The van der Waals surface area contributed by atoms with Gasteiger partial charge in [-0.25, -0.2) is 4.79 Å². The van der Waals surface area contributed by atoms with Gasteiger partial charge >= 0.3 is 5.97 Å². The van der Waals surface area contributed by atoms with Gasteiger partial charge in [0.05, 0.1) is 11.3 Å². The molecule has 5 nitrogen and oxygen atoms in total. The summed E-state index contributed by atoms with van der Waals surface area (Å²) in [5.74, 6) is -1.50. The zero-order chi connectivity index (χ0) is 8.43. The molecule has 0 spiro atoms. The second kappa shape index (κ2) is 2.53. The average Bonchev–Trinajstić information content (AvgIpc) is 1.94. The Kier molecular flexibility index (Phi) is 1.72. The summed E-state index contributed by atoms with van der Waals surface area (Å²) < 4.78 is 0. The van der Waals surface area contributed by atoms with E-state index in [2.05, 4.69) is 10.2 Å². The van der Waals surface area contributed by atoms with Gasteiger partial charge in [0.15, 0.2) is 0 Å². The molecule has 5 heteroatoms. The van der Waals surface area contributed by atoms with Gasteiger partial charge in [-0.15, -0.1) is 5.10 Å². The third-order valence-electron chi connectivity index (χ3n) is 1.20. The van der Waals surface area contributed by atoms with E-state index < -0.39 is 5.97 Å². The summed E-state index contributed by atoms with van der Waals surface area (Å²) >= 11 is 0. The van der Waals surface area contributed by atoms with Gasteiger partial charge in [0.1, 0.15) is 0 Å². The first-order valence-electron chi connectivity index (χ1n) is 2.88. The highest BCUT2D eigenvalue weighted by Crippen LogP contribution is 2.08. The number of aryl methyl sites for hydroxylation is 1. The quantitative estimate of drug-likeness (QED) is 0.603. The van der Waals surface area contributed by atoms with Crippen LogP contribution in [0.5, 0.6) is 5.88 Å². The molecule has 0 aliphatic rings. The van der Waals surface area contributed by atoms with Gasteiger partial charge in [-0.05, 0) is 6.92 Å². The highest BCUT2D eigenvalue weighted by atomic mass is 16.4. The molecule has 0 aliphatic carbocycles. The number of hydrogen-bond acceptors (Lipinski definition) is 4. The van der Waals surface area contributed by atoms with Crippen molar-refractivity contribution in [2.75, 3.05) is 0 Å². The van der Waals surface area contributed by atoms with Crippen molar-refractivity contribution in [1.82, 2.24) is 10.2 Å². The lowest BCUT2D eigenvalue weighted by Gasteiger charge is -1.96. The number of rotatable bonds is 1. The Morgan fingerprint density at radius 3 is 2.64 bits per heavy atom. The first-order chi connectivity index (χ1) is 5.11. The standard InChI is InChI=1S/C6H6N2O3/c1-3-4(6(10)11)2-5(9)8-7-3/h2H,1H3,(H,8,9)(H,10,11). The highest BCUT2D eigenvalue weighted by molar-refractivity contribution is 5.88. The molecule has 58 valence electrons. The molecule has 0 aromatic carbocycles. The Morgan fingerprint density at radius 1 is 1.55 bits per heavy atom. The fraction of sp³-hybridized carbons (Fsp3) is 0.167. The van der Waals surface area contributed by atoms with Crippen LogP contribution in [0.15, 0.2) is 6.07 Å². The number of carbonyl (C=O) groups is 1. The number of carboxylic acids is 1. The van der Waals surface area contributed by atoms with E-state index in [1.165, 1.54) is 6.92 Å². The van der Waals surface area contributed by atoms with Gasteiger partial charge < -0.3 is 10.2 Å². The molecule has 0 fully saturated rings. The van der Waals surface area contributed by atoms with Crippen LogP contribution in [0, 0.1) is 6.92 Å². The van der Waals surface area contributed by atoms with E-state index in [1.54, 1.807) is 0 Å². The highest BCUT2D eigenvalue weighted by Gasteiger charge is 2.08. The molecule has 0 aliphatic heterocycles. The van der Waals surface area contributed by atoms with E-state index in [1.807, 2.05) is 0 Å². The molecule has 0 unspecified atom stereocenters. The Morgan fingerprint density at radius 2 is 2.18 bits per heavy atom. The molecule has 0 atom stereocenters. The molecule has 1 aromatic rings. The SMILES string of the molecule is Cc1nnc(O)cc1C(=O)O. The second-order valence-corrected chi connectivity index (χ2v) is 2.01. The summed E-state index contributed by atoms with van der Waals surface area (Å²) in [6.07, 6.45) is 0. The summed E-state index contributed by atoms with van der Waals surface area (Å²) in [4.78, 5) is 10.4. The fourth-order valence-electron chi connectivity index (χ4n) is 0.659. The number of aromatic nitrogens is 2. The van der Waals surface area contributed by atoms with Crippen molar-refractivity contribution in [3.05, 3.63) is 17.3 Å². The maximum Gasteiger partial charge on any atom is 0.337 e. The Bertz CT molecular complexity index is 298. The normalized spacial score (nSPS) is 9.55. The van der Waals surface area contributed by atoms with Crippen molar-refractivity contribution in [3.8, 4) is 5.88 Å². The molecule has 0 saturated heterocycles. The lowest BCUT2D eigenvalue weighted by Crippen LogP contribution is -2.02. The first-order valence-corrected chi connectivity index (χ1v) is 2.88. The zero-order valence-electron chi connectivity index (χ0n) is 5.77. The maximum absolute atomic E-state index is 10.4. The Balaban J connectivity index is 3.23. The van der Waals surface area contributed by atoms with Crippen LogP contribution in [0.4, 0.5) is 0 Å². The van der Waals surface area contributed by atoms with Gasteiger partial charge in [-0.1, -0.05) is 0 Å². The van der Waals surface area contributed by atoms with Gasteiger partial charge in [0.25, 0.3) is 0 Å². The summed E-state index contributed by atoms with van der Waals surface area (Å²) in [5, 5.41) is 23.9. The summed E-state index contributed by atoms with van der Waals surface area (Å²) in [6.45, 7) is 1.51. The van der Waals surface area contributed by atoms with Crippen LogP contribution < -0.4 is 0 Å². The summed E-state index contributed by atoms with van der Waals surface area (Å²) in [6, 6.07) is 1.06. The lowest BCUT2D eigenvalue weighted by atomic mass is 10.2. The van der Waals surface area contributed by atoms with Crippen molar-refractivity contribution in [3.63, 3.8) is 0 Å². The molecule has 1 rings (SSSR count). The van der Waals surface area contributed by atoms with Crippen molar-refractivity contribution in [2.24, 2.45) is 0 Å². The van der Waals surface area contributed by atoms with E-state index in [4.69, 9.17) is 10.2 Å². The molecule has 1 aromatic heterocycles. The molecule has 0 bridgehead atoms. The largest absolute Gasteiger partial charge is 0.492 e. The molecule has 0 radical (unpaired) electrons. The lowest BCUT2D eigenvalue weighted by molar-refractivity contribution is 0.0694. The number of hydrogen-bond donors (Lipinski definition) is 2. The second-order valence-electron chi connectivity index (χ2n) is 2.01. The number of carboxylic acid groups (broad SMARTS) is 1. The van der Waals surface area contributed by atoms with Crippen LogP contribution in [0.1, 0.15) is 16.1 Å². The van der Waals surface area contributed by atoms with Crippen molar-refractivity contribution < 1.29 is 15.0 Å². The third kappa shape index (κ3) is 1.43. The van der Waals surface area contributed by atoms with Crippen LogP contribution in [0.3, 0.4) is 0 Å². The molecular weight excluding hydrogens is 148 g/mol. The molecule has 1 heterocycles. The minimum atomic E-state index is -1.12. The monoisotopic (exact) mass is 154 g/mol. The van der Waals surface area contributed by atoms with Gasteiger partial charge in [-0.2, -0.15) is 5.10 Å². The third-order valence-corrected chi connectivity index (χ3v) is 1.20. The van der Waals surface area contributed by atoms with E-state index in [0.717, 1.165) is 6.07 Å². The van der Waals surface area contributed by atoms with Crippen LogP contribution in [-0.2, 0) is 0 Å². The van der Waals surface area contributed by atoms with Crippen LogP contribution in [0.2, 0.25) is 0 Å². The summed E-state index contributed by atoms with van der Waals surface area (Å²) in [7, 11) is 0. The van der Waals surface area contributed by atoms with E-state index in [-0.39, 0.29) is 17.1 Å². The predicted octanol–water partition coefficient (Wildman–Crippen LogP) is 0.189. The van der Waals surface area contributed by atoms with Crippen LogP contribution in [0.25, 0.3) is 0 Å². The number of aromatic hydroxyl groups is 1. The zero-order valence-corrected chi connectivity index (χ0v) is 5.77. The van der Waals surface area contributed by atoms with Gasteiger partial charge in [0, 0.05) is 6.07 Å². The average molecular weight is 154 g/mol. The van der Waals surface area contributed by atoms with Crippen molar-refractivity contribution in [2.45, 2.75) is 6.92 Å². The molecule has 0 amide bonds. The first kappa shape index (κ1) is 7.46. The van der Waals surface area contributed by atoms with Gasteiger partial charge in [-0.3, -0.25) is 0 Å². The van der Waals surface area contributed by atoms with E-state index in [0.29, 0.717) is 0 Å². The Hall–Kier alpha value is -1.65. The maximum atomic E-state index is 10.4. The fourth-order valence-corrected chi connectivity index (χ4v) is 0.659. The molecular formula is C6H6N2O3. The minimum Gasteiger partial charge on any atom is -0.492 e. The van der Waals surface area contributed by atoms with Crippen molar-refractivity contribution in [1.29, 1.82) is 0 Å². The summed E-state index contributed by atoms with van der Waals surface area (Å²) in [5.41, 5.74) is 0.257. The van der Waals surface area contributed by atoms with Crippen molar-refractivity contribution >= 4 is 5.97 Å². The molecule has 0 saturated carbocycles.